The molecule has 9 nitrogen and oxygen atoms in total. The molecule has 2 N–H and O–H groups in total. The van der Waals surface area contributed by atoms with E-state index in [2.05, 4.69) is 27.5 Å². The van der Waals surface area contributed by atoms with Gasteiger partial charge in [-0.25, -0.2) is 14.8 Å². The average Bonchev–Trinajstić information content (AvgIpc) is 3.01. The van der Waals surface area contributed by atoms with E-state index in [4.69, 9.17) is 4.74 Å². The molecule has 0 bridgehead atoms. The summed E-state index contributed by atoms with van der Waals surface area (Å²) >= 11 is 1.65. The van der Waals surface area contributed by atoms with E-state index in [0.29, 0.717) is 32.2 Å². The number of nitrogens with zero attached hydrogens (tertiary/aromatic N) is 4. The second-order valence-corrected chi connectivity index (χ2v) is 8.45. The van der Waals surface area contributed by atoms with Gasteiger partial charge >= 0.3 is 6.09 Å². The predicted molar refractivity (Wildman–Crippen MR) is 114 cm³/mol. The molecule has 2 rings (SSSR count). The van der Waals surface area contributed by atoms with Crippen molar-refractivity contribution < 1.29 is 14.3 Å². The first-order valence-electron chi connectivity index (χ1n) is 9.89. The molecule has 29 heavy (non-hydrogen) atoms. The molecule has 0 aromatic carbocycles. The number of carbonyl (C=O) groups is 2. The van der Waals surface area contributed by atoms with Crippen LogP contribution in [0.15, 0.2) is 4.99 Å². The molecule has 1 aliphatic rings. The van der Waals surface area contributed by atoms with Crippen LogP contribution in [0.5, 0.6) is 0 Å². The van der Waals surface area contributed by atoms with Gasteiger partial charge in [0, 0.05) is 38.1 Å². The maximum atomic E-state index is 11.9. The van der Waals surface area contributed by atoms with Crippen LogP contribution >= 0.6 is 11.3 Å². The minimum atomic E-state index is -0.260. The molecule has 0 spiro atoms. The first kappa shape index (κ1) is 22.9. The lowest BCUT2D eigenvalue weighted by molar-refractivity contribution is -0.127. The number of guanidine groups is 1. The van der Waals surface area contributed by atoms with Crippen molar-refractivity contribution in [3.05, 3.63) is 15.6 Å². The van der Waals surface area contributed by atoms with Crippen molar-refractivity contribution in [2.75, 3.05) is 40.3 Å². The quantitative estimate of drug-likeness (QED) is 0.530. The van der Waals surface area contributed by atoms with Crippen molar-refractivity contribution in [1.82, 2.24) is 25.4 Å². The van der Waals surface area contributed by atoms with Gasteiger partial charge in [-0.05, 0) is 33.6 Å². The number of likely N-dealkylation sites (tertiary alicyclic amines) is 1. The van der Waals surface area contributed by atoms with E-state index < -0.39 is 0 Å². The van der Waals surface area contributed by atoms with Gasteiger partial charge in [-0.1, -0.05) is 0 Å². The summed E-state index contributed by atoms with van der Waals surface area (Å²) in [5.74, 6) is 0.518. The first-order chi connectivity index (χ1) is 13.8. The number of carbonyl (C=O) groups excluding carboxylic acids is 2. The van der Waals surface area contributed by atoms with Gasteiger partial charge in [0.1, 0.15) is 11.6 Å². The molecule has 162 valence electrons. The van der Waals surface area contributed by atoms with Crippen LogP contribution in [-0.2, 0) is 16.1 Å². The number of likely N-dealkylation sites (N-methyl/N-ethyl adjacent to an activating group) is 1. The predicted octanol–water partition coefficient (Wildman–Crippen LogP) is 1.50. The number of hydrogen-bond donors (Lipinski definition) is 2. The number of ether oxygens (including phenoxy) is 1. The molecule has 1 aliphatic heterocycles. The number of aliphatic imine (C=N–C) groups is 1. The zero-order valence-corrected chi connectivity index (χ0v) is 18.8. The number of thiazole rings is 1. The molecule has 0 saturated carbocycles. The Hall–Kier alpha value is -2.36. The summed E-state index contributed by atoms with van der Waals surface area (Å²) in [7, 11) is 3.43. The topological polar surface area (TPSA) is 99.2 Å². The van der Waals surface area contributed by atoms with Gasteiger partial charge in [-0.3, -0.25) is 4.79 Å². The number of aromatic nitrogens is 1. The minimum Gasteiger partial charge on any atom is -0.450 e. The fourth-order valence-corrected chi connectivity index (χ4v) is 3.70. The molecule has 0 aliphatic carbocycles. The van der Waals surface area contributed by atoms with Crippen molar-refractivity contribution in [2.45, 2.75) is 46.2 Å². The third kappa shape index (κ3) is 7.19. The van der Waals surface area contributed by atoms with Crippen LogP contribution in [0.4, 0.5) is 4.79 Å². The third-order valence-corrected chi connectivity index (χ3v) is 5.79. The van der Waals surface area contributed by atoms with Gasteiger partial charge in [-0.2, -0.15) is 0 Å². The number of amides is 2. The standard InChI is InChI=1S/C19H32N6O3S/c1-6-28-19(27)25-9-7-15(8-10-25)23-18(21-12-17(26)24(4)5)20-11-16-22-13(2)14(3)29-16/h15H,6-12H2,1-5H3,(H2,20,21,23). The van der Waals surface area contributed by atoms with Crippen LogP contribution in [0.2, 0.25) is 0 Å². The molecule has 1 fully saturated rings. The van der Waals surface area contributed by atoms with E-state index in [1.807, 2.05) is 6.92 Å². The zero-order valence-electron chi connectivity index (χ0n) is 17.9. The SMILES string of the molecule is CCOC(=O)N1CCC(NC(=NCC(=O)N(C)C)NCc2nc(C)c(C)s2)CC1. The van der Waals surface area contributed by atoms with Crippen LogP contribution < -0.4 is 10.6 Å². The van der Waals surface area contributed by atoms with E-state index >= 15 is 0 Å². The summed E-state index contributed by atoms with van der Waals surface area (Å²) in [4.78, 5) is 37.2. The van der Waals surface area contributed by atoms with Crippen LogP contribution in [0.3, 0.4) is 0 Å². The molecule has 10 heteroatoms. The van der Waals surface area contributed by atoms with Crippen molar-refractivity contribution in [2.24, 2.45) is 4.99 Å². The maximum absolute atomic E-state index is 11.9. The highest BCUT2D eigenvalue weighted by Gasteiger charge is 2.24. The molecule has 2 amide bonds. The van der Waals surface area contributed by atoms with E-state index in [1.165, 1.54) is 9.78 Å². The monoisotopic (exact) mass is 424 g/mol. The zero-order chi connectivity index (χ0) is 21.4. The molecule has 2 heterocycles. The van der Waals surface area contributed by atoms with Gasteiger partial charge in [0.2, 0.25) is 5.91 Å². The van der Waals surface area contributed by atoms with E-state index in [-0.39, 0.29) is 24.6 Å². The van der Waals surface area contributed by atoms with Gasteiger partial charge in [-0.15, -0.1) is 11.3 Å². The number of nitrogens with one attached hydrogen (secondary N) is 2. The maximum Gasteiger partial charge on any atom is 0.409 e. The van der Waals surface area contributed by atoms with Gasteiger partial charge < -0.3 is 25.2 Å². The van der Waals surface area contributed by atoms with E-state index in [9.17, 15) is 9.59 Å². The Morgan fingerprint density at radius 1 is 1.31 bits per heavy atom. The van der Waals surface area contributed by atoms with Crippen molar-refractivity contribution in [1.29, 1.82) is 0 Å². The fourth-order valence-electron chi connectivity index (χ4n) is 2.83. The molecular weight excluding hydrogens is 392 g/mol. The molecular formula is C19H32N6O3S. The highest BCUT2D eigenvalue weighted by Crippen LogP contribution is 2.16. The van der Waals surface area contributed by atoms with Gasteiger partial charge in [0.05, 0.1) is 18.8 Å². The molecule has 1 saturated heterocycles. The Labute approximate surface area is 176 Å². The Balaban J connectivity index is 1.95. The van der Waals surface area contributed by atoms with E-state index in [1.54, 1.807) is 37.3 Å². The van der Waals surface area contributed by atoms with Crippen LogP contribution in [0.1, 0.15) is 35.3 Å². The summed E-state index contributed by atoms with van der Waals surface area (Å²) in [6, 6.07) is 0.168. The fraction of sp³-hybridized carbons (Fsp3) is 0.684. The lowest BCUT2D eigenvalue weighted by Crippen LogP contribution is -2.50. The average molecular weight is 425 g/mol. The summed E-state index contributed by atoms with van der Waals surface area (Å²) in [5.41, 5.74) is 1.03. The summed E-state index contributed by atoms with van der Waals surface area (Å²) in [6.45, 7) is 8.11. The van der Waals surface area contributed by atoms with E-state index in [0.717, 1.165) is 23.5 Å². The largest absolute Gasteiger partial charge is 0.450 e. The molecule has 1 aromatic heterocycles. The Kier molecular flexibility index (Phi) is 8.69. The highest BCUT2D eigenvalue weighted by atomic mass is 32.1. The van der Waals surface area contributed by atoms with Crippen molar-refractivity contribution in [3.63, 3.8) is 0 Å². The van der Waals surface area contributed by atoms with Crippen LogP contribution in [0.25, 0.3) is 0 Å². The lowest BCUT2D eigenvalue weighted by Gasteiger charge is -2.32. The second-order valence-electron chi connectivity index (χ2n) is 7.16. The molecule has 0 atom stereocenters. The molecule has 0 radical (unpaired) electrons. The van der Waals surface area contributed by atoms with Gasteiger partial charge in [0.25, 0.3) is 0 Å². The van der Waals surface area contributed by atoms with Crippen LogP contribution in [-0.4, -0.2) is 79.1 Å². The number of rotatable bonds is 6. The number of hydrogen-bond acceptors (Lipinski definition) is 6. The molecule has 1 aromatic rings. The highest BCUT2D eigenvalue weighted by molar-refractivity contribution is 7.11. The number of piperidine rings is 1. The Bertz CT molecular complexity index is 706. The normalized spacial score (nSPS) is 15.2. The lowest BCUT2D eigenvalue weighted by atomic mass is 10.1. The first-order valence-corrected chi connectivity index (χ1v) is 10.7. The number of aryl methyl sites for hydroxylation is 2. The summed E-state index contributed by atoms with van der Waals surface area (Å²) in [5, 5.41) is 7.66. The molecule has 0 unspecified atom stereocenters. The Morgan fingerprint density at radius 2 is 2.00 bits per heavy atom. The van der Waals surface area contributed by atoms with Gasteiger partial charge in [0.15, 0.2) is 5.96 Å². The minimum absolute atomic E-state index is 0.0656. The second kappa shape index (κ2) is 11.0. The Morgan fingerprint density at radius 3 is 2.55 bits per heavy atom. The third-order valence-electron chi connectivity index (χ3n) is 4.71. The van der Waals surface area contributed by atoms with Crippen molar-refractivity contribution >= 4 is 29.3 Å². The smallest absolute Gasteiger partial charge is 0.409 e. The van der Waals surface area contributed by atoms with Crippen LogP contribution in [0, 0.1) is 13.8 Å². The van der Waals surface area contributed by atoms with Crippen molar-refractivity contribution in [3.8, 4) is 0 Å². The summed E-state index contributed by atoms with van der Waals surface area (Å²) < 4.78 is 5.07. The summed E-state index contributed by atoms with van der Waals surface area (Å²) in [6.07, 6.45) is 1.32.